The molecule has 0 heterocycles. The van der Waals surface area contributed by atoms with Crippen LogP contribution in [0.1, 0.15) is 13.8 Å². The first-order valence-corrected chi connectivity index (χ1v) is 3.07. The molecule has 0 saturated heterocycles. The number of allylic oxidation sites excluding steroid dienone is 1. The third-order valence-corrected chi connectivity index (χ3v) is 1.02. The van der Waals surface area contributed by atoms with Crippen molar-refractivity contribution in [2.75, 3.05) is 6.61 Å². The fourth-order valence-electron chi connectivity index (χ4n) is 0.300. The van der Waals surface area contributed by atoms with Gasteiger partial charge >= 0.3 is 0 Å². The van der Waals surface area contributed by atoms with Gasteiger partial charge in [-0.3, -0.25) is 0 Å². The predicted octanol–water partition coefficient (Wildman–Crippen LogP) is 2.16. The summed E-state index contributed by atoms with van der Waals surface area (Å²) in [4.78, 5) is 0. The second-order valence-corrected chi connectivity index (χ2v) is 2.17. The van der Waals surface area contributed by atoms with E-state index in [1.807, 2.05) is 13.8 Å². The van der Waals surface area contributed by atoms with Crippen LogP contribution in [0.3, 0.4) is 0 Å². The molecule has 0 bridgehead atoms. The van der Waals surface area contributed by atoms with Crippen molar-refractivity contribution < 1.29 is 4.74 Å². The summed E-state index contributed by atoms with van der Waals surface area (Å²) >= 11 is 5.58. The molecule has 0 rings (SSSR count). The Morgan fingerprint density at radius 3 is 2.50 bits per heavy atom. The second kappa shape index (κ2) is 3.79. The lowest BCUT2D eigenvalue weighted by atomic mass is 10.4. The van der Waals surface area contributed by atoms with E-state index in [4.69, 9.17) is 16.3 Å². The standard InChI is InChI=1S/C6H11ClO/c1-4-8-6(3)5(2)7/h5H,3-4H2,1-2H3. The molecule has 0 N–H and O–H groups in total. The van der Waals surface area contributed by atoms with E-state index in [1.54, 1.807) is 0 Å². The molecule has 48 valence electrons. The Labute approximate surface area is 55.3 Å². The molecule has 1 nitrogen and oxygen atoms in total. The maximum absolute atomic E-state index is 5.58. The number of ether oxygens (including phenoxy) is 1. The molecule has 0 aromatic heterocycles. The van der Waals surface area contributed by atoms with E-state index in [9.17, 15) is 0 Å². The van der Waals surface area contributed by atoms with Gasteiger partial charge in [0.1, 0.15) is 5.76 Å². The van der Waals surface area contributed by atoms with E-state index in [2.05, 4.69) is 6.58 Å². The SMILES string of the molecule is C=C(OCC)C(C)Cl. The fourth-order valence-corrected chi connectivity index (χ4v) is 0.363. The molecule has 0 aromatic rings. The van der Waals surface area contributed by atoms with Crippen molar-refractivity contribution in [3.05, 3.63) is 12.3 Å². The van der Waals surface area contributed by atoms with Crippen molar-refractivity contribution in [2.45, 2.75) is 19.2 Å². The van der Waals surface area contributed by atoms with E-state index in [-0.39, 0.29) is 5.38 Å². The average molecular weight is 135 g/mol. The molecule has 0 spiro atoms. The lowest BCUT2D eigenvalue weighted by Crippen LogP contribution is -1.99. The van der Waals surface area contributed by atoms with Crippen LogP contribution in [0, 0.1) is 0 Å². The molecule has 0 fully saturated rings. The molecule has 0 radical (unpaired) electrons. The van der Waals surface area contributed by atoms with Crippen LogP contribution in [0.4, 0.5) is 0 Å². The topological polar surface area (TPSA) is 9.23 Å². The van der Waals surface area contributed by atoms with Crippen molar-refractivity contribution in [1.82, 2.24) is 0 Å². The molecule has 0 aliphatic rings. The quantitative estimate of drug-likeness (QED) is 0.425. The molecule has 8 heavy (non-hydrogen) atoms. The van der Waals surface area contributed by atoms with Crippen LogP contribution in [-0.2, 0) is 4.74 Å². The number of rotatable bonds is 3. The van der Waals surface area contributed by atoms with Crippen LogP contribution in [0.15, 0.2) is 12.3 Å². The van der Waals surface area contributed by atoms with Gasteiger partial charge in [0, 0.05) is 0 Å². The van der Waals surface area contributed by atoms with Gasteiger partial charge in [0.25, 0.3) is 0 Å². The minimum atomic E-state index is -0.0741. The van der Waals surface area contributed by atoms with Gasteiger partial charge in [-0.15, -0.1) is 11.6 Å². The number of halogens is 1. The number of alkyl halides is 1. The monoisotopic (exact) mass is 134 g/mol. The van der Waals surface area contributed by atoms with Crippen LogP contribution >= 0.6 is 11.6 Å². The fraction of sp³-hybridized carbons (Fsp3) is 0.667. The molecule has 2 heteroatoms. The molecule has 0 aliphatic heterocycles. The Kier molecular flexibility index (Phi) is 3.71. The van der Waals surface area contributed by atoms with E-state index >= 15 is 0 Å². The van der Waals surface area contributed by atoms with Crippen molar-refractivity contribution in [3.8, 4) is 0 Å². The van der Waals surface area contributed by atoms with Crippen LogP contribution in [-0.4, -0.2) is 12.0 Å². The van der Waals surface area contributed by atoms with Crippen LogP contribution in [0.2, 0.25) is 0 Å². The van der Waals surface area contributed by atoms with Crippen molar-refractivity contribution >= 4 is 11.6 Å². The zero-order valence-corrected chi connectivity index (χ0v) is 6.03. The Morgan fingerprint density at radius 1 is 1.88 bits per heavy atom. The lowest BCUT2D eigenvalue weighted by Gasteiger charge is -2.06. The summed E-state index contributed by atoms with van der Waals surface area (Å²) < 4.78 is 4.98. The zero-order chi connectivity index (χ0) is 6.57. The van der Waals surface area contributed by atoms with Gasteiger partial charge in [-0.05, 0) is 13.8 Å². The highest BCUT2D eigenvalue weighted by Crippen LogP contribution is 2.06. The minimum absolute atomic E-state index is 0.0741. The van der Waals surface area contributed by atoms with Crippen molar-refractivity contribution in [1.29, 1.82) is 0 Å². The zero-order valence-electron chi connectivity index (χ0n) is 5.28. The van der Waals surface area contributed by atoms with Gasteiger partial charge in [0.2, 0.25) is 0 Å². The molecule has 1 atom stereocenters. The highest BCUT2D eigenvalue weighted by molar-refractivity contribution is 6.21. The predicted molar refractivity (Wildman–Crippen MR) is 36.1 cm³/mol. The molecule has 0 aromatic carbocycles. The normalized spacial score (nSPS) is 12.9. The van der Waals surface area contributed by atoms with E-state index in [1.165, 1.54) is 0 Å². The van der Waals surface area contributed by atoms with Crippen molar-refractivity contribution in [2.24, 2.45) is 0 Å². The van der Waals surface area contributed by atoms with Gasteiger partial charge in [0.15, 0.2) is 0 Å². The minimum Gasteiger partial charge on any atom is -0.497 e. The van der Waals surface area contributed by atoms with Gasteiger partial charge in [-0.1, -0.05) is 6.58 Å². The summed E-state index contributed by atoms with van der Waals surface area (Å²) in [5, 5.41) is -0.0741. The van der Waals surface area contributed by atoms with Crippen LogP contribution in [0.25, 0.3) is 0 Å². The van der Waals surface area contributed by atoms with E-state index in [0.29, 0.717) is 12.4 Å². The maximum atomic E-state index is 5.58. The number of hydrogen-bond donors (Lipinski definition) is 0. The maximum Gasteiger partial charge on any atom is 0.106 e. The van der Waals surface area contributed by atoms with Crippen LogP contribution in [0.5, 0.6) is 0 Å². The third kappa shape index (κ3) is 2.92. The highest BCUT2D eigenvalue weighted by atomic mass is 35.5. The Hall–Kier alpha value is -0.170. The summed E-state index contributed by atoms with van der Waals surface area (Å²) in [7, 11) is 0. The smallest absolute Gasteiger partial charge is 0.106 e. The van der Waals surface area contributed by atoms with E-state index in [0.717, 1.165) is 0 Å². The van der Waals surface area contributed by atoms with E-state index < -0.39 is 0 Å². The first-order valence-electron chi connectivity index (χ1n) is 2.64. The highest BCUT2D eigenvalue weighted by Gasteiger charge is 1.99. The number of hydrogen-bond acceptors (Lipinski definition) is 1. The third-order valence-electron chi connectivity index (χ3n) is 0.773. The molecule has 0 saturated carbocycles. The summed E-state index contributed by atoms with van der Waals surface area (Å²) in [5.41, 5.74) is 0. The Bertz CT molecular complexity index is 78.6. The van der Waals surface area contributed by atoms with Gasteiger partial charge in [-0.2, -0.15) is 0 Å². The first kappa shape index (κ1) is 7.83. The molecule has 0 aliphatic carbocycles. The molecular formula is C6H11ClO. The summed E-state index contributed by atoms with van der Waals surface area (Å²) in [5.74, 6) is 0.647. The van der Waals surface area contributed by atoms with Crippen molar-refractivity contribution in [3.63, 3.8) is 0 Å². The van der Waals surface area contributed by atoms with Gasteiger partial charge < -0.3 is 4.74 Å². The first-order chi connectivity index (χ1) is 3.68. The van der Waals surface area contributed by atoms with Gasteiger partial charge in [-0.25, -0.2) is 0 Å². The Morgan fingerprint density at radius 2 is 2.38 bits per heavy atom. The summed E-state index contributed by atoms with van der Waals surface area (Å²) in [6, 6.07) is 0. The molecular weight excluding hydrogens is 124 g/mol. The lowest BCUT2D eigenvalue weighted by molar-refractivity contribution is 0.224. The largest absolute Gasteiger partial charge is 0.497 e. The average Bonchev–Trinajstić information content (AvgIpc) is 1.67. The second-order valence-electron chi connectivity index (χ2n) is 1.52. The molecule has 1 unspecified atom stereocenters. The summed E-state index contributed by atoms with van der Waals surface area (Å²) in [6.45, 7) is 7.98. The summed E-state index contributed by atoms with van der Waals surface area (Å²) in [6.07, 6.45) is 0. The van der Waals surface area contributed by atoms with Crippen LogP contribution < -0.4 is 0 Å². The molecule has 0 amide bonds. The Balaban J connectivity index is 3.33. The van der Waals surface area contributed by atoms with Gasteiger partial charge in [0.05, 0.1) is 12.0 Å².